The molecule has 0 spiro atoms. The standard InChI is InChI=1S/C21H34F3NO/c1-4-7-8-9-10-15-26-19-12-11-17(16-18(19)21(22,23)24)13-14-20(25,5-2)6-3/h11-12,16H,4-10,13-15,25H2,1-3H3. The Morgan fingerprint density at radius 1 is 0.962 bits per heavy atom. The van der Waals surface area contributed by atoms with Crippen molar-refractivity contribution in [3.63, 3.8) is 0 Å². The average Bonchev–Trinajstić information content (AvgIpc) is 2.62. The minimum atomic E-state index is -4.41. The number of hydrogen-bond donors (Lipinski definition) is 1. The van der Waals surface area contributed by atoms with E-state index in [-0.39, 0.29) is 11.3 Å². The van der Waals surface area contributed by atoms with Crippen LogP contribution in [0.3, 0.4) is 0 Å². The molecule has 0 amide bonds. The Balaban J connectivity index is 2.74. The Bertz CT molecular complexity index is 524. The monoisotopic (exact) mass is 373 g/mol. The van der Waals surface area contributed by atoms with Crippen LogP contribution in [0.15, 0.2) is 18.2 Å². The molecule has 0 saturated carbocycles. The molecular weight excluding hydrogens is 339 g/mol. The number of unbranched alkanes of at least 4 members (excludes halogenated alkanes) is 4. The number of halogens is 3. The molecule has 0 aliphatic heterocycles. The first-order valence-electron chi connectivity index (χ1n) is 9.87. The Morgan fingerprint density at radius 2 is 1.62 bits per heavy atom. The summed E-state index contributed by atoms with van der Waals surface area (Å²) in [5.74, 6) is -0.0678. The van der Waals surface area contributed by atoms with Crippen LogP contribution in [-0.2, 0) is 12.6 Å². The van der Waals surface area contributed by atoms with Gasteiger partial charge in [-0.2, -0.15) is 13.2 Å². The highest BCUT2D eigenvalue weighted by Crippen LogP contribution is 2.37. The average molecular weight is 374 g/mol. The van der Waals surface area contributed by atoms with Crippen LogP contribution in [0.2, 0.25) is 0 Å². The third-order valence-electron chi connectivity index (χ3n) is 5.17. The van der Waals surface area contributed by atoms with Crippen molar-refractivity contribution in [2.24, 2.45) is 5.73 Å². The van der Waals surface area contributed by atoms with E-state index in [1.165, 1.54) is 12.1 Å². The van der Waals surface area contributed by atoms with Gasteiger partial charge in [0.1, 0.15) is 5.75 Å². The lowest BCUT2D eigenvalue weighted by Crippen LogP contribution is -2.38. The van der Waals surface area contributed by atoms with E-state index in [0.29, 0.717) is 25.0 Å². The van der Waals surface area contributed by atoms with Gasteiger partial charge in [-0.05, 0) is 49.8 Å². The summed E-state index contributed by atoms with van der Waals surface area (Å²) in [5, 5.41) is 0. The smallest absolute Gasteiger partial charge is 0.419 e. The lowest BCUT2D eigenvalue weighted by Gasteiger charge is -2.26. The number of benzene rings is 1. The molecule has 0 saturated heterocycles. The maximum absolute atomic E-state index is 13.4. The highest BCUT2D eigenvalue weighted by Gasteiger charge is 2.34. The van der Waals surface area contributed by atoms with Crippen LogP contribution in [0.5, 0.6) is 5.75 Å². The van der Waals surface area contributed by atoms with Crippen molar-refractivity contribution in [1.29, 1.82) is 0 Å². The number of aryl methyl sites for hydroxylation is 1. The predicted octanol–water partition coefficient (Wildman–Crippen LogP) is 6.50. The second kappa shape index (κ2) is 10.8. The summed E-state index contributed by atoms with van der Waals surface area (Å²) in [7, 11) is 0. The summed E-state index contributed by atoms with van der Waals surface area (Å²) in [6.45, 7) is 6.48. The summed E-state index contributed by atoms with van der Waals surface area (Å²) in [4.78, 5) is 0. The van der Waals surface area contributed by atoms with E-state index < -0.39 is 11.7 Å². The fraction of sp³-hybridized carbons (Fsp3) is 0.714. The topological polar surface area (TPSA) is 35.2 Å². The summed E-state index contributed by atoms with van der Waals surface area (Å²) in [5.41, 5.74) is 5.93. The lowest BCUT2D eigenvalue weighted by molar-refractivity contribution is -0.139. The van der Waals surface area contributed by atoms with Gasteiger partial charge in [0, 0.05) is 5.54 Å². The summed E-state index contributed by atoms with van der Waals surface area (Å²) in [6.07, 6.45) is 3.59. The molecule has 0 aliphatic rings. The molecule has 1 rings (SSSR count). The van der Waals surface area contributed by atoms with Crippen LogP contribution in [-0.4, -0.2) is 12.1 Å². The molecule has 1 aromatic carbocycles. The first-order chi connectivity index (χ1) is 12.3. The van der Waals surface area contributed by atoms with E-state index in [1.807, 2.05) is 13.8 Å². The molecule has 0 atom stereocenters. The van der Waals surface area contributed by atoms with E-state index in [9.17, 15) is 13.2 Å². The molecule has 150 valence electrons. The van der Waals surface area contributed by atoms with Crippen molar-refractivity contribution in [3.05, 3.63) is 29.3 Å². The van der Waals surface area contributed by atoms with Crippen LogP contribution in [0.1, 0.15) is 83.3 Å². The van der Waals surface area contributed by atoms with Crippen molar-refractivity contribution in [2.75, 3.05) is 6.61 Å². The zero-order valence-corrected chi connectivity index (χ0v) is 16.4. The molecule has 0 fully saturated rings. The summed E-state index contributed by atoms with van der Waals surface area (Å²) >= 11 is 0. The fourth-order valence-corrected chi connectivity index (χ4v) is 2.96. The van der Waals surface area contributed by atoms with Crippen molar-refractivity contribution >= 4 is 0 Å². The first-order valence-corrected chi connectivity index (χ1v) is 9.87. The maximum atomic E-state index is 13.4. The van der Waals surface area contributed by atoms with Gasteiger partial charge in [-0.25, -0.2) is 0 Å². The first kappa shape index (κ1) is 22.8. The number of hydrogen-bond acceptors (Lipinski definition) is 2. The SMILES string of the molecule is CCCCCCCOc1ccc(CCC(N)(CC)CC)cc1C(F)(F)F. The molecule has 0 aliphatic carbocycles. The third-order valence-corrected chi connectivity index (χ3v) is 5.17. The minimum absolute atomic E-state index is 0.0678. The van der Waals surface area contributed by atoms with Crippen LogP contribution >= 0.6 is 0 Å². The van der Waals surface area contributed by atoms with Gasteiger partial charge in [0.25, 0.3) is 0 Å². The lowest BCUT2D eigenvalue weighted by atomic mass is 9.87. The zero-order valence-electron chi connectivity index (χ0n) is 16.4. The molecule has 1 aromatic rings. The Labute approximate surface area is 156 Å². The molecule has 0 unspecified atom stereocenters. The zero-order chi connectivity index (χ0) is 19.6. The predicted molar refractivity (Wildman–Crippen MR) is 102 cm³/mol. The normalized spacial score (nSPS) is 12.4. The van der Waals surface area contributed by atoms with Gasteiger partial charge in [0.2, 0.25) is 0 Å². The molecule has 0 heterocycles. The quantitative estimate of drug-likeness (QED) is 0.424. The Morgan fingerprint density at radius 3 is 2.19 bits per heavy atom. The van der Waals surface area contributed by atoms with Gasteiger partial charge in [0.15, 0.2) is 0 Å². The molecule has 2 nitrogen and oxygen atoms in total. The van der Waals surface area contributed by atoms with Gasteiger partial charge in [-0.1, -0.05) is 52.5 Å². The number of rotatable bonds is 12. The molecular formula is C21H34F3NO. The largest absolute Gasteiger partial charge is 0.493 e. The van der Waals surface area contributed by atoms with Crippen molar-refractivity contribution in [2.45, 2.75) is 90.3 Å². The number of alkyl halides is 3. The van der Waals surface area contributed by atoms with Crippen molar-refractivity contribution in [1.82, 2.24) is 0 Å². The molecule has 0 radical (unpaired) electrons. The minimum Gasteiger partial charge on any atom is -0.493 e. The molecule has 0 bridgehead atoms. The van der Waals surface area contributed by atoms with Crippen molar-refractivity contribution < 1.29 is 17.9 Å². The number of ether oxygens (including phenoxy) is 1. The highest BCUT2D eigenvalue weighted by molar-refractivity contribution is 5.39. The number of nitrogens with two attached hydrogens (primary N) is 1. The summed E-state index contributed by atoms with van der Waals surface area (Å²) < 4.78 is 45.7. The van der Waals surface area contributed by atoms with E-state index >= 15 is 0 Å². The van der Waals surface area contributed by atoms with Crippen molar-refractivity contribution in [3.8, 4) is 5.75 Å². The van der Waals surface area contributed by atoms with Gasteiger partial charge in [0.05, 0.1) is 12.2 Å². The van der Waals surface area contributed by atoms with E-state index in [4.69, 9.17) is 10.5 Å². The van der Waals surface area contributed by atoms with E-state index in [0.717, 1.165) is 44.9 Å². The second-order valence-corrected chi connectivity index (χ2v) is 7.16. The Kier molecular flexibility index (Phi) is 9.48. The van der Waals surface area contributed by atoms with Gasteiger partial charge >= 0.3 is 6.18 Å². The molecule has 0 aromatic heterocycles. The fourth-order valence-electron chi connectivity index (χ4n) is 2.96. The van der Waals surface area contributed by atoms with Crippen LogP contribution in [0, 0.1) is 0 Å². The van der Waals surface area contributed by atoms with Gasteiger partial charge in [-0.15, -0.1) is 0 Å². The van der Waals surface area contributed by atoms with Crippen LogP contribution in [0.25, 0.3) is 0 Å². The van der Waals surface area contributed by atoms with Crippen LogP contribution in [0.4, 0.5) is 13.2 Å². The van der Waals surface area contributed by atoms with E-state index in [2.05, 4.69) is 6.92 Å². The van der Waals surface area contributed by atoms with Crippen LogP contribution < -0.4 is 10.5 Å². The van der Waals surface area contributed by atoms with Gasteiger partial charge < -0.3 is 10.5 Å². The second-order valence-electron chi connectivity index (χ2n) is 7.16. The third kappa shape index (κ3) is 7.56. The Hall–Kier alpha value is -1.23. The molecule has 5 heteroatoms. The van der Waals surface area contributed by atoms with E-state index in [1.54, 1.807) is 6.07 Å². The van der Waals surface area contributed by atoms with Gasteiger partial charge in [-0.3, -0.25) is 0 Å². The molecule has 2 N–H and O–H groups in total. The highest BCUT2D eigenvalue weighted by atomic mass is 19.4. The summed E-state index contributed by atoms with van der Waals surface area (Å²) in [6, 6.07) is 4.41. The maximum Gasteiger partial charge on any atom is 0.419 e. The molecule has 26 heavy (non-hydrogen) atoms.